The molecule has 0 saturated heterocycles. The molecule has 1 unspecified atom stereocenters. The topological polar surface area (TPSA) is 38.5 Å². The Kier molecular flexibility index (Phi) is 9.67. The maximum atomic E-state index is 6.10. The molecule has 0 spiro atoms. The van der Waals surface area contributed by atoms with Gasteiger partial charge in [-0.1, -0.05) is 34.6 Å². The molecule has 0 aliphatic carbocycles. The lowest BCUT2D eigenvalue weighted by atomic mass is 9.92. The summed E-state index contributed by atoms with van der Waals surface area (Å²) in [4.78, 5) is 2.58. The fourth-order valence-electron chi connectivity index (χ4n) is 2.43. The van der Waals surface area contributed by atoms with E-state index in [9.17, 15) is 0 Å². The second-order valence-electron chi connectivity index (χ2n) is 6.57. The Morgan fingerprint density at radius 1 is 1.05 bits per heavy atom. The van der Waals surface area contributed by atoms with Gasteiger partial charge in [-0.2, -0.15) is 0 Å². The van der Waals surface area contributed by atoms with Gasteiger partial charge in [-0.05, 0) is 44.2 Å². The highest BCUT2D eigenvalue weighted by molar-refractivity contribution is 4.91. The minimum Gasteiger partial charge on any atom is -0.383 e. The predicted molar refractivity (Wildman–Crippen MR) is 84.4 cm³/mol. The smallest absolute Gasteiger partial charge is 0.0658 e. The standard InChI is InChI=1S/C16H36N2O/c1-7-16(12-17,13-19-6)18(10-8-14(2)3)11-9-15(4)5/h14-15H,7-13,17H2,1-6H3. The summed E-state index contributed by atoms with van der Waals surface area (Å²) >= 11 is 0. The number of ether oxygens (including phenoxy) is 1. The third-order valence-corrected chi connectivity index (χ3v) is 4.07. The van der Waals surface area contributed by atoms with Crippen LogP contribution in [0.3, 0.4) is 0 Å². The molecule has 0 aromatic rings. The molecule has 0 rings (SSSR count). The summed E-state index contributed by atoms with van der Waals surface area (Å²) in [5, 5.41) is 0. The molecule has 0 amide bonds. The van der Waals surface area contributed by atoms with Crippen LogP contribution in [0.1, 0.15) is 53.9 Å². The molecule has 3 nitrogen and oxygen atoms in total. The van der Waals surface area contributed by atoms with Gasteiger partial charge in [0.1, 0.15) is 0 Å². The van der Waals surface area contributed by atoms with Gasteiger partial charge >= 0.3 is 0 Å². The molecule has 1 atom stereocenters. The SMILES string of the molecule is CCC(CN)(COC)N(CCC(C)C)CCC(C)C. The molecular formula is C16H36N2O. The van der Waals surface area contributed by atoms with Crippen molar-refractivity contribution in [2.45, 2.75) is 59.4 Å². The van der Waals surface area contributed by atoms with Gasteiger partial charge in [-0.25, -0.2) is 0 Å². The van der Waals surface area contributed by atoms with Crippen molar-refractivity contribution in [1.82, 2.24) is 4.90 Å². The lowest BCUT2D eigenvalue weighted by Crippen LogP contribution is -2.57. The van der Waals surface area contributed by atoms with E-state index in [2.05, 4.69) is 39.5 Å². The molecule has 0 fully saturated rings. The van der Waals surface area contributed by atoms with E-state index >= 15 is 0 Å². The van der Waals surface area contributed by atoms with Crippen LogP contribution in [-0.2, 0) is 4.74 Å². The highest BCUT2D eigenvalue weighted by Gasteiger charge is 2.33. The minimum absolute atomic E-state index is 0.0124. The third-order valence-electron chi connectivity index (χ3n) is 4.07. The Hall–Kier alpha value is -0.120. The van der Waals surface area contributed by atoms with Gasteiger partial charge < -0.3 is 10.5 Å². The van der Waals surface area contributed by atoms with Crippen LogP contribution in [0.15, 0.2) is 0 Å². The molecule has 0 heterocycles. The van der Waals surface area contributed by atoms with E-state index < -0.39 is 0 Å². The number of hydrogen-bond acceptors (Lipinski definition) is 3. The first-order valence-corrected chi connectivity index (χ1v) is 7.85. The second kappa shape index (κ2) is 9.73. The van der Waals surface area contributed by atoms with Gasteiger partial charge in [0, 0.05) is 13.7 Å². The molecule has 19 heavy (non-hydrogen) atoms. The summed E-state index contributed by atoms with van der Waals surface area (Å²) in [6.45, 7) is 15.0. The van der Waals surface area contributed by atoms with Crippen LogP contribution in [0.5, 0.6) is 0 Å². The van der Waals surface area contributed by atoms with Crippen molar-refractivity contribution in [2.24, 2.45) is 17.6 Å². The van der Waals surface area contributed by atoms with E-state index in [-0.39, 0.29) is 5.54 Å². The molecule has 2 N–H and O–H groups in total. The van der Waals surface area contributed by atoms with Crippen LogP contribution >= 0.6 is 0 Å². The largest absolute Gasteiger partial charge is 0.383 e. The molecule has 0 aliphatic heterocycles. The van der Waals surface area contributed by atoms with Crippen LogP contribution in [0.25, 0.3) is 0 Å². The van der Waals surface area contributed by atoms with E-state index in [0.29, 0.717) is 6.54 Å². The lowest BCUT2D eigenvalue weighted by molar-refractivity contribution is 0.00665. The van der Waals surface area contributed by atoms with Gasteiger partial charge in [0.25, 0.3) is 0 Å². The summed E-state index contributed by atoms with van der Waals surface area (Å²) < 4.78 is 5.46. The highest BCUT2D eigenvalue weighted by atomic mass is 16.5. The molecule has 0 radical (unpaired) electrons. The van der Waals surface area contributed by atoms with Crippen molar-refractivity contribution in [1.29, 1.82) is 0 Å². The Balaban J connectivity index is 4.81. The quantitative estimate of drug-likeness (QED) is 0.628. The zero-order valence-electron chi connectivity index (χ0n) is 14.0. The zero-order chi connectivity index (χ0) is 14.9. The van der Waals surface area contributed by atoms with Crippen LogP contribution < -0.4 is 5.73 Å². The molecular weight excluding hydrogens is 236 g/mol. The molecule has 116 valence electrons. The van der Waals surface area contributed by atoms with E-state index in [1.807, 2.05) is 0 Å². The normalized spacial score (nSPS) is 15.5. The third kappa shape index (κ3) is 6.73. The molecule has 0 aliphatic rings. The Morgan fingerprint density at radius 2 is 1.53 bits per heavy atom. The van der Waals surface area contributed by atoms with E-state index in [1.165, 1.54) is 12.8 Å². The molecule has 0 bridgehead atoms. The summed E-state index contributed by atoms with van der Waals surface area (Å²) in [6.07, 6.45) is 3.50. The van der Waals surface area contributed by atoms with E-state index in [0.717, 1.165) is 38.0 Å². The Labute approximate surface area is 120 Å². The summed E-state index contributed by atoms with van der Waals surface area (Å²) in [7, 11) is 1.78. The zero-order valence-corrected chi connectivity index (χ0v) is 14.0. The molecule has 0 aromatic carbocycles. The minimum atomic E-state index is 0.0124. The maximum Gasteiger partial charge on any atom is 0.0658 e. The number of nitrogens with zero attached hydrogens (tertiary/aromatic N) is 1. The summed E-state index contributed by atoms with van der Waals surface area (Å²) in [6, 6.07) is 0. The van der Waals surface area contributed by atoms with Crippen molar-refractivity contribution in [2.75, 3.05) is 33.4 Å². The van der Waals surface area contributed by atoms with Crippen molar-refractivity contribution >= 4 is 0 Å². The molecule has 0 aromatic heterocycles. The van der Waals surface area contributed by atoms with Gasteiger partial charge in [0.2, 0.25) is 0 Å². The highest BCUT2D eigenvalue weighted by Crippen LogP contribution is 2.22. The Morgan fingerprint density at radius 3 is 1.79 bits per heavy atom. The first-order chi connectivity index (χ1) is 8.91. The average Bonchev–Trinajstić information content (AvgIpc) is 2.36. The second-order valence-corrected chi connectivity index (χ2v) is 6.57. The van der Waals surface area contributed by atoms with Crippen LogP contribution in [-0.4, -0.2) is 43.8 Å². The van der Waals surface area contributed by atoms with E-state index in [4.69, 9.17) is 10.5 Å². The van der Waals surface area contributed by atoms with Crippen molar-refractivity contribution in [3.05, 3.63) is 0 Å². The first-order valence-electron chi connectivity index (χ1n) is 7.85. The summed E-state index contributed by atoms with van der Waals surface area (Å²) in [5.74, 6) is 1.47. The van der Waals surface area contributed by atoms with Crippen LogP contribution in [0, 0.1) is 11.8 Å². The van der Waals surface area contributed by atoms with Crippen molar-refractivity contribution in [3.8, 4) is 0 Å². The fraction of sp³-hybridized carbons (Fsp3) is 1.00. The lowest BCUT2D eigenvalue weighted by Gasteiger charge is -2.43. The monoisotopic (exact) mass is 272 g/mol. The maximum absolute atomic E-state index is 6.10. The number of methoxy groups -OCH3 is 1. The predicted octanol–water partition coefficient (Wildman–Crippen LogP) is 3.13. The van der Waals surface area contributed by atoms with Gasteiger partial charge in [-0.3, -0.25) is 4.90 Å². The number of hydrogen-bond donors (Lipinski definition) is 1. The van der Waals surface area contributed by atoms with Gasteiger partial charge in [-0.15, -0.1) is 0 Å². The van der Waals surface area contributed by atoms with Crippen molar-refractivity contribution in [3.63, 3.8) is 0 Å². The molecule has 0 saturated carbocycles. The fourth-order valence-corrected chi connectivity index (χ4v) is 2.43. The first kappa shape index (κ1) is 18.9. The summed E-state index contributed by atoms with van der Waals surface area (Å²) in [5.41, 5.74) is 6.11. The average molecular weight is 272 g/mol. The van der Waals surface area contributed by atoms with Crippen molar-refractivity contribution < 1.29 is 4.74 Å². The molecule has 3 heteroatoms. The van der Waals surface area contributed by atoms with Gasteiger partial charge in [0.05, 0.1) is 12.1 Å². The van der Waals surface area contributed by atoms with Crippen LogP contribution in [0.4, 0.5) is 0 Å². The van der Waals surface area contributed by atoms with Crippen LogP contribution in [0.2, 0.25) is 0 Å². The Bertz CT molecular complexity index is 201. The van der Waals surface area contributed by atoms with E-state index in [1.54, 1.807) is 7.11 Å². The number of nitrogens with two attached hydrogens (primary N) is 1. The van der Waals surface area contributed by atoms with Gasteiger partial charge in [0.15, 0.2) is 0 Å². The number of rotatable bonds is 11.